The first-order chi connectivity index (χ1) is 18.0. The lowest BCUT2D eigenvalue weighted by atomic mass is 10.0. The van der Waals surface area contributed by atoms with Crippen molar-refractivity contribution in [1.29, 1.82) is 0 Å². The Kier molecular flexibility index (Phi) is 5.41. The molecule has 0 aliphatic heterocycles. The fourth-order valence-electron chi connectivity index (χ4n) is 4.24. The van der Waals surface area contributed by atoms with E-state index in [0.29, 0.717) is 62.6 Å². The fraction of sp³-hybridized carbons (Fsp3) is 0.0741. The number of aromatic nitrogens is 6. The van der Waals surface area contributed by atoms with Crippen LogP contribution >= 0.6 is 0 Å². The molecule has 8 nitrogen and oxygen atoms in total. The van der Waals surface area contributed by atoms with E-state index in [1.54, 1.807) is 49.5 Å². The van der Waals surface area contributed by atoms with Crippen molar-refractivity contribution in [2.45, 2.75) is 13.3 Å². The molecule has 0 atom stereocenters. The number of hydrogen-bond donors (Lipinski definition) is 3. The van der Waals surface area contributed by atoms with Crippen molar-refractivity contribution in [2.75, 3.05) is 5.32 Å². The number of aromatic amines is 2. The largest absolute Gasteiger partial charge is 0.336 e. The van der Waals surface area contributed by atoms with E-state index < -0.39 is 5.82 Å². The van der Waals surface area contributed by atoms with E-state index in [1.807, 2.05) is 0 Å². The number of fused-ring (bicyclic) bond motifs is 2. The van der Waals surface area contributed by atoms with Crippen LogP contribution in [-0.2, 0) is 4.79 Å². The molecule has 1 amide bonds. The van der Waals surface area contributed by atoms with Gasteiger partial charge >= 0.3 is 0 Å². The van der Waals surface area contributed by atoms with Crippen molar-refractivity contribution >= 4 is 33.5 Å². The number of imidazole rings is 1. The minimum atomic E-state index is -0.501. The molecule has 6 rings (SSSR count). The van der Waals surface area contributed by atoms with Gasteiger partial charge in [-0.15, -0.1) is 0 Å². The molecule has 0 radical (unpaired) electrons. The summed E-state index contributed by atoms with van der Waals surface area (Å²) in [6, 6.07) is 12.8. The Morgan fingerprint density at radius 1 is 0.973 bits per heavy atom. The number of halogens is 2. The first-order valence-electron chi connectivity index (χ1n) is 11.5. The molecule has 182 valence electrons. The molecular formula is C27H19F2N7O. The second-order valence-corrected chi connectivity index (χ2v) is 8.43. The van der Waals surface area contributed by atoms with Crippen LogP contribution < -0.4 is 5.32 Å². The van der Waals surface area contributed by atoms with Gasteiger partial charge in [-0.1, -0.05) is 6.92 Å². The maximum Gasteiger partial charge on any atom is 0.224 e. The molecule has 37 heavy (non-hydrogen) atoms. The SMILES string of the molecule is CCC(=O)Nc1cncc(-c2ccc3[nH]nc(-c4nc5c(-c6ccc(F)cc6)nccc5[nH]4)c3c2F)c1. The van der Waals surface area contributed by atoms with E-state index in [1.165, 1.54) is 24.5 Å². The second kappa shape index (κ2) is 8.90. The van der Waals surface area contributed by atoms with Gasteiger partial charge in [0.2, 0.25) is 5.91 Å². The number of anilines is 1. The Morgan fingerprint density at radius 2 is 1.81 bits per heavy atom. The zero-order chi connectivity index (χ0) is 25.5. The van der Waals surface area contributed by atoms with E-state index in [2.05, 4.69) is 35.5 Å². The standard InChI is InChI=1S/C27H19F2N7O/c1-2-21(37)32-17-11-15(12-30-13-17)18-7-8-19-22(23(18)29)26(36-35-19)27-33-20-9-10-31-24(25(20)34-27)14-3-5-16(28)6-4-14/h3-13H,2H2,1H3,(H,32,37)(H,33,34)(H,35,36). The van der Waals surface area contributed by atoms with Crippen LogP contribution in [0.4, 0.5) is 14.5 Å². The van der Waals surface area contributed by atoms with E-state index in [4.69, 9.17) is 0 Å². The van der Waals surface area contributed by atoms with E-state index in [9.17, 15) is 9.18 Å². The molecule has 4 aromatic heterocycles. The number of nitrogens with one attached hydrogen (secondary N) is 3. The molecule has 0 saturated heterocycles. The molecule has 0 spiro atoms. The highest BCUT2D eigenvalue weighted by Crippen LogP contribution is 2.35. The number of pyridine rings is 2. The lowest BCUT2D eigenvalue weighted by Gasteiger charge is -2.08. The molecule has 0 saturated carbocycles. The first-order valence-corrected chi connectivity index (χ1v) is 11.5. The summed E-state index contributed by atoms with van der Waals surface area (Å²) in [6.07, 6.45) is 4.99. The van der Waals surface area contributed by atoms with Gasteiger partial charge in [0.25, 0.3) is 0 Å². The molecule has 0 fully saturated rings. The molecule has 3 N–H and O–H groups in total. The highest BCUT2D eigenvalue weighted by molar-refractivity contribution is 5.98. The summed E-state index contributed by atoms with van der Waals surface area (Å²) < 4.78 is 29.4. The van der Waals surface area contributed by atoms with Crippen LogP contribution in [0.3, 0.4) is 0 Å². The number of nitrogens with zero attached hydrogens (tertiary/aromatic N) is 4. The van der Waals surface area contributed by atoms with Gasteiger partial charge in [-0.3, -0.25) is 19.9 Å². The minimum absolute atomic E-state index is 0.161. The zero-order valence-corrected chi connectivity index (χ0v) is 19.5. The summed E-state index contributed by atoms with van der Waals surface area (Å²) in [5, 5.41) is 10.2. The fourth-order valence-corrected chi connectivity index (χ4v) is 4.24. The zero-order valence-electron chi connectivity index (χ0n) is 19.5. The lowest BCUT2D eigenvalue weighted by Crippen LogP contribution is -2.09. The van der Waals surface area contributed by atoms with Gasteiger partial charge in [-0.05, 0) is 48.5 Å². The average Bonchev–Trinajstić information content (AvgIpc) is 3.54. The molecule has 10 heteroatoms. The van der Waals surface area contributed by atoms with Crippen LogP contribution in [0.25, 0.3) is 55.8 Å². The van der Waals surface area contributed by atoms with Gasteiger partial charge in [0, 0.05) is 35.5 Å². The van der Waals surface area contributed by atoms with Crippen LogP contribution in [0, 0.1) is 11.6 Å². The van der Waals surface area contributed by atoms with Gasteiger partial charge in [-0.25, -0.2) is 13.8 Å². The topological polar surface area (TPSA) is 112 Å². The summed E-state index contributed by atoms with van der Waals surface area (Å²) in [7, 11) is 0. The van der Waals surface area contributed by atoms with Gasteiger partial charge < -0.3 is 10.3 Å². The molecule has 6 aromatic rings. The van der Waals surface area contributed by atoms with Gasteiger partial charge in [-0.2, -0.15) is 5.10 Å². The summed E-state index contributed by atoms with van der Waals surface area (Å²) in [4.78, 5) is 28.3. The van der Waals surface area contributed by atoms with Gasteiger partial charge in [0.1, 0.15) is 22.8 Å². The number of carbonyl (C=O) groups is 1. The van der Waals surface area contributed by atoms with E-state index in [0.717, 1.165) is 0 Å². The Labute approximate surface area is 208 Å². The molecule has 4 heterocycles. The third-order valence-corrected chi connectivity index (χ3v) is 6.06. The van der Waals surface area contributed by atoms with Crippen LogP contribution in [0.1, 0.15) is 13.3 Å². The second-order valence-electron chi connectivity index (χ2n) is 8.43. The number of carbonyl (C=O) groups excluding carboxylic acids is 1. The highest BCUT2D eigenvalue weighted by Gasteiger charge is 2.21. The minimum Gasteiger partial charge on any atom is -0.336 e. The quantitative estimate of drug-likeness (QED) is 0.277. The maximum atomic E-state index is 16.0. The monoisotopic (exact) mass is 495 g/mol. The summed E-state index contributed by atoms with van der Waals surface area (Å²) in [6.45, 7) is 1.75. The number of amides is 1. The van der Waals surface area contributed by atoms with Crippen LogP contribution in [0.2, 0.25) is 0 Å². The summed E-state index contributed by atoms with van der Waals surface area (Å²) >= 11 is 0. The number of hydrogen-bond acceptors (Lipinski definition) is 5. The number of H-pyrrole nitrogens is 2. The first kappa shape index (κ1) is 22.5. The van der Waals surface area contributed by atoms with E-state index >= 15 is 4.39 Å². The highest BCUT2D eigenvalue weighted by atomic mass is 19.1. The smallest absolute Gasteiger partial charge is 0.224 e. The molecule has 0 aliphatic rings. The Hall–Kier alpha value is -4.99. The van der Waals surface area contributed by atoms with E-state index in [-0.39, 0.29) is 17.1 Å². The van der Waals surface area contributed by atoms with Crippen molar-refractivity contribution < 1.29 is 13.6 Å². The van der Waals surface area contributed by atoms with Crippen molar-refractivity contribution in [3.05, 3.63) is 78.8 Å². The molecular weight excluding hydrogens is 476 g/mol. The normalized spacial score (nSPS) is 11.3. The predicted molar refractivity (Wildman–Crippen MR) is 136 cm³/mol. The van der Waals surface area contributed by atoms with Crippen molar-refractivity contribution in [1.82, 2.24) is 30.1 Å². The van der Waals surface area contributed by atoms with Crippen molar-refractivity contribution in [2.24, 2.45) is 0 Å². The van der Waals surface area contributed by atoms with Gasteiger partial charge in [0.15, 0.2) is 5.82 Å². The van der Waals surface area contributed by atoms with Crippen molar-refractivity contribution in [3.63, 3.8) is 0 Å². The van der Waals surface area contributed by atoms with Crippen LogP contribution in [0.15, 0.2) is 67.1 Å². The Balaban J connectivity index is 1.46. The maximum absolute atomic E-state index is 16.0. The summed E-state index contributed by atoms with van der Waals surface area (Å²) in [5.41, 5.74) is 4.60. The van der Waals surface area contributed by atoms with Crippen LogP contribution in [0.5, 0.6) is 0 Å². The number of rotatable bonds is 5. The molecule has 0 unspecified atom stereocenters. The van der Waals surface area contributed by atoms with Crippen LogP contribution in [-0.4, -0.2) is 36.0 Å². The molecule has 2 aromatic carbocycles. The predicted octanol–water partition coefficient (Wildman–Crippen LogP) is 5.86. The van der Waals surface area contributed by atoms with Gasteiger partial charge in [0.05, 0.1) is 34.0 Å². The third-order valence-electron chi connectivity index (χ3n) is 6.06. The summed E-state index contributed by atoms with van der Waals surface area (Å²) in [5.74, 6) is -0.650. The lowest BCUT2D eigenvalue weighted by molar-refractivity contribution is -0.115. The third kappa shape index (κ3) is 3.98. The molecule has 0 bridgehead atoms. The Morgan fingerprint density at radius 3 is 2.62 bits per heavy atom. The number of benzene rings is 2. The van der Waals surface area contributed by atoms with Crippen molar-refractivity contribution in [3.8, 4) is 33.9 Å². The Bertz CT molecular complexity index is 1790. The molecule has 0 aliphatic carbocycles. The average molecular weight is 495 g/mol.